The molecule has 7 nitrogen and oxygen atoms in total. The molecule has 4 fully saturated rings. The van der Waals surface area contributed by atoms with Gasteiger partial charge in [0.2, 0.25) is 0 Å². The Balaban J connectivity index is 1.15. The lowest BCUT2D eigenvalue weighted by Gasteiger charge is -2.52. The average molecular weight is 421 g/mol. The molecule has 1 spiro atoms. The number of rotatable bonds is 4. The highest BCUT2D eigenvalue weighted by atomic mass is 16.6. The molecule has 0 atom stereocenters. The molecule has 3 saturated heterocycles. The topological polar surface area (TPSA) is 96.3 Å². The molecule has 3 heterocycles. The molecule has 0 unspecified atom stereocenters. The molecule has 1 saturated carbocycles. The van der Waals surface area contributed by atoms with Crippen LogP contribution < -0.4 is 0 Å². The van der Waals surface area contributed by atoms with Crippen LogP contribution in [-0.2, 0) is 14.3 Å². The van der Waals surface area contributed by atoms with E-state index in [1.165, 1.54) is 16.0 Å². The van der Waals surface area contributed by atoms with Crippen LogP contribution in [0.5, 0.6) is 0 Å². The number of hydrogen-bond acceptors (Lipinski definition) is 5. The van der Waals surface area contributed by atoms with E-state index in [-0.39, 0.29) is 32.2 Å². The SMILES string of the molecule is O=C(OCC1c2ccccc2-c2ccccc21)N1CC2(C1)OC1(CO)CC2(C(=O)O)C1. The predicted octanol–water partition coefficient (Wildman–Crippen LogP) is 2.62. The smallest absolute Gasteiger partial charge is 0.409 e. The van der Waals surface area contributed by atoms with Crippen molar-refractivity contribution in [2.75, 3.05) is 26.3 Å². The fourth-order valence-corrected chi connectivity index (χ4v) is 6.20. The zero-order valence-electron chi connectivity index (χ0n) is 16.9. The van der Waals surface area contributed by atoms with Gasteiger partial charge in [0, 0.05) is 5.92 Å². The van der Waals surface area contributed by atoms with Crippen LogP contribution in [0.1, 0.15) is 29.9 Å². The largest absolute Gasteiger partial charge is 0.481 e. The molecule has 0 aromatic heterocycles. The molecule has 31 heavy (non-hydrogen) atoms. The van der Waals surface area contributed by atoms with E-state index < -0.39 is 28.7 Å². The van der Waals surface area contributed by atoms with Gasteiger partial charge in [0.1, 0.15) is 17.6 Å². The Hall–Kier alpha value is -2.90. The molecule has 7 heteroatoms. The zero-order chi connectivity index (χ0) is 21.4. The van der Waals surface area contributed by atoms with E-state index >= 15 is 0 Å². The molecule has 0 radical (unpaired) electrons. The summed E-state index contributed by atoms with van der Waals surface area (Å²) in [5.74, 6) is -0.939. The number of carboxylic acids is 1. The molecule has 2 aromatic carbocycles. The summed E-state index contributed by atoms with van der Waals surface area (Å²) < 4.78 is 11.7. The second-order valence-corrected chi connectivity index (χ2v) is 9.34. The van der Waals surface area contributed by atoms with Gasteiger partial charge in [-0.05, 0) is 35.1 Å². The van der Waals surface area contributed by atoms with Crippen molar-refractivity contribution < 1.29 is 29.3 Å². The second kappa shape index (κ2) is 6.08. The number of ether oxygens (including phenoxy) is 2. The molecule has 5 aliphatic rings. The van der Waals surface area contributed by atoms with Gasteiger partial charge in [-0.25, -0.2) is 4.79 Å². The van der Waals surface area contributed by atoms with E-state index in [9.17, 15) is 19.8 Å². The Kier molecular flexibility index (Phi) is 3.69. The number of hydrogen-bond donors (Lipinski definition) is 2. The number of aliphatic carboxylic acids is 1. The fourth-order valence-electron chi connectivity index (χ4n) is 6.20. The molecule has 7 rings (SSSR count). The van der Waals surface area contributed by atoms with Crippen LogP contribution in [0.25, 0.3) is 11.1 Å². The van der Waals surface area contributed by atoms with Gasteiger partial charge in [-0.1, -0.05) is 48.5 Å². The van der Waals surface area contributed by atoms with Crippen molar-refractivity contribution in [3.05, 3.63) is 59.7 Å². The van der Waals surface area contributed by atoms with Crippen LogP contribution >= 0.6 is 0 Å². The summed E-state index contributed by atoms with van der Waals surface area (Å²) in [7, 11) is 0. The van der Waals surface area contributed by atoms with E-state index in [1.807, 2.05) is 24.3 Å². The molecular formula is C24H23NO6. The highest BCUT2D eigenvalue weighted by molar-refractivity contribution is 5.82. The Bertz CT molecular complexity index is 1050. The van der Waals surface area contributed by atoms with Crippen LogP contribution in [0, 0.1) is 5.41 Å². The summed E-state index contributed by atoms with van der Waals surface area (Å²) in [5.41, 5.74) is 1.91. The molecule has 2 N–H and O–H groups in total. The monoisotopic (exact) mass is 421 g/mol. The van der Waals surface area contributed by atoms with E-state index in [2.05, 4.69) is 24.3 Å². The summed E-state index contributed by atoms with van der Waals surface area (Å²) >= 11 is 0. The Morgan fingerprint density at radius 3 is 2.16 bits per heavy atom. The van der Waals surface area contributed by atoms with Crippen molar-refractivity contribution in [1.82, 2.24) is 4.90 Å². The highest BCUT2D eigenvalue weighted by Gasteiger charge is 2.81. The lowest BCUT2D eigenvalue weighted by atomic mass is 9.54. The minimum Gasteiger partial charge on any atom is -0.481 e. The Morgan fingerprint density at radius 1 is 1.03 bits per heavy atom. The minimum atomic E-state index is -1.02. The molecule has 1 amide bonds. The van der Waals surface area contributed by atoms with Gasteiger partial charge in [-0.3, -0.25) is 4.79 Å². The van der Waals surface area contributed by atoms with Crippen LogP contribution in [-0.4, -0.2) is 64.7 Å². The summed E-state index contributed by atoms with van der Waals surface area (Å²) in [6.07, 6.45) is 0.133. The van der Waals surface area contributed by atoms with Gasteiger partial charge in [0.25, 0.3) is 0 Å². The third-order valence-electron chi connectivity index (χ3n) is 7.72. The van der Waals surface area contributed by atoms with Crippen molar-refractivity contribution in [2.24, 2.45) is 5.41 Å². The number of carboxylic acid groups (broad SMARTS) is 1. The van der Waals surface area contributed by atoms with Gasteiger partial charge < -0.3 is 24.6 Å². The lowest BCUT2D eigenvalue weighted by molar-refractivity contribution is -0.172. The van der Waals surface area contributed by atoms with E-state index in [1.54, 1.807) is 0 Å². The van der Waals surface area contributed by atoms with Crippen molar-refractivity contribution in [1.29, 1.82) is 0 Å². The third-order valence-corrected chi connectivity index (χ3v) is 7.72. The number of benzene rings is 2. The van der Waals surface area contributed by atoms with Crippen LogP contribution in [0.2, 0.25) is 0 Å². The number of likely N-dealkylation sites (tertiary alicyclic amines) is 1. The standard InChI is InChI=1S/C24H23NO6/c26-14-22-10-23(11-22,20(27)28)24(31-22)12-25(13-24)21(29)30-9-19-17-7-3-1-5-15(17)16-6-2-4-8-18(16)19/h1-8,19,26H,9-14H2,(H,27,28). The number of amides is 1. The van der Waals surface area contributed by atoms with Crippen molar-refractivity contribution >= 4 is 12.1 Å². The first-order chi connectivity index (χ1) is 14.9. The maximum absolute atomic E-state index is 12.7. The van der Waals surface area contributed by atoms with Crippen LogP contribution in [0.4, 0.5) is 4.79 Å². The summed E-state index contributed by atoms with van der Waals surface area (Å²) in [4.78, 5) is 26.2. The van der Waals surface area contributed by atoms with Gasteiger partial charge >= 0.3 is 12.1 Å². The number of carbonyl (C=O) groups excluding carboxylic acids is 1. The fraction of sp³-hybridized carbons (Fsp3) is 0.417. The normalized spacial score (nSPS) is 29.1. The number of aliphatic hydroxyl groups is 1. The van der Waals surface area contributed by atoms with Crippen molar-refractivity contribution in [3.63, 3.8) is 0 Å². The van der Waals surface area contributed by atoms with Gasteiger partial charge in [-0.15, -0.1) is 0 Å². The molecule has 3 aliphatic heterocycles. The van der Waals surface area contributed by atoms with Gasteiger partial charge in [0.15, 0.2) is 0 Å². The third kappa shape index (κ3) is 2.30. The van der Waals surface area contributed by atoms with Crippen LogP contribution in [0.15, 0.2) is 48.5 Å². The van der Waals surface area contributed by atoms with E-state index in [0.29, 0.717) is 12.8 Å². The molecule has 160 valence electrons. The first kappa shape index (κ1) is 18.8. The maximum Gasteiger partial charge on any atom is 0.409 e. The molecule has 2 aromatic rings. The Labute approximate surface area is 179 Å². The number of nitrogens with zero attached hydrogens (tertiary/aromatic N) is 1. The Morgan fingerprint density at radius 2 is 1.61 bits per heavy atom. The maximum atomic E-state index is 12.7. The van der Waals surface area contributed by atoms with Gasteiger partial charge in [0.05, 0.1) is 25.3 Å². The predicted molar refractivity (Wildman–Crippen MR) is 110 cm³/mol. The molecular weight excluding hydrogens is 398 g/mol. The quantitative estimate of drug-likeness (QED) is 0.788. The van der Waals surface area contributed by atoms with Crippen molar-refractivity contribution in [2.45, 2.75) is 30.0 Å². The summed E-state index contributed by atoms with van der Waals surface area (Å²) in [6.45, 7) is 0.381. The lowest BCUT2D eigenvalue weighted by Crippen LogP contribution is -2.70. The number of fused-ring (bicyclic) bond motifs is 3. The number of aliphatic hydroxyl groups excluding tert-OH is 1. The summed E-state index contributed by atoms with van der Waals surface area (Å²) in [5, 5.41) is 19.4. The number of carbonyl (C=O) groups is 2. The van der Waals surface area contributed by atoms with Gasteiger partial charge in [-0.2, -0.15) is 0 Å². The average Bonchev–Trinajstić information content (AvgIpc) is 3.33. The van der Waals surface area contributed by atoms with E-state index in [0.717, 1.165) is 11.1 Å². The summed E-state index contributed by atoms with van der Waals surface area (Å²) in [6, 6.07) is 16.3. The van der Waals surface area contributed by atoms with E-state index in [4.69, 9.17) is 9.47 Å². The second-order valence-electron chi connectivity index (χ2n) is 9.34. The van der Waals surface area contributed by atoms with Crippen LogP contribution in [0.3, 0.4) is 0 Å². The zero-order valence-corrected chi connectivity index (χ0v) is 16.9. The highest BCUT2D eigenvalue weighted by Crippen LogP contribution is 2.68. The first-order valence-electron chi connectivity index (χ1n) is 10.6. The minimum absolute atomic E-state index is 0.0230. The van der Waals surface area contributed by atoms with Crippen molar-refractivity contribution in [3.8, 4) is 11.1 Å². The molecule has 2 aliphatic carbocycles. The first-order valence-corrected chi connectivity index (χ1v) is 10.6. The molecule has 2 bridgehead atoms.